The Balaban J connectivity index is 1.45. The molecule has 12 heteroatoms. The zero-order valence-electron chi connectivity index (χ0n) is 18.8. The van der Waals surface area contributed by atoms with E-state index in [0.29, 0.717) is 4.68 Å². The number of fused-ring (bicyclic) bond motifs is 2. The summed E-state index contributed by atoms with van der Waals surface area (Å²) < 4.78 is 42.1. The van der Waals surface area contributed by atoms with Gasteiger partial charge in [-0.1, -0.05) is 13.0 Å². The maximum absolute atomic E-state index is 13.4. The van der Waals surface area contributed by atoms with Gasteiger partial charge in [0.1, 0.15) is 11.9 Å². The van der Waals surface area contributed by atoms with Gasteiger partial charge in [0.15, 0.2) is 5.65 Å². The fraction of sp³-hybridized carbons (Fsp3) is 0.391. The average Bonchev–Trinajstić information content (AvgIpc) is 3.27. The molecule has 2 aliphatic rings. The van der Waals surface area contributed by atoms with Crippen molar-refractivity contribution < 1.29 is 13.2 Å². The molecule has 0 bridgehead atoms. The first-order valence-corrected chi connectivity index (χ1v) is 12.2. The second kappa shape index (κ2) is 7.89. The molecule has 0 radical (unpaired) electrons. The molecule has 3 aromatic heterocycles. The van der Waals surface area contributed by atoms with Crippen molar-refractivity contribution in [3.63, 3.8) is 0 Å². The standard InChI is InChI=1S/C23H22F3N7OS/c1-22(5-6-22)17-11-35-21(30-17)33-18-16(19(34)32(33)12-23(24,25)26)10-28-20(31-18)29-15-3-2-13-4-7-27-9-14(13)8-15/h2-3,8,10-11,27H,4-7,9,12H2,1H3,(H,28,29,31). The van der Waals surface area contributed by atoms with Crippen molar-refractivity contribution in [3.05, 3.63) is 57.0 Å². The van der Waals surface area contributed by atoms with Gasteiger partial charge in [-0.25, -0.2) is 19.3 Å². The number of thiazole rings is 1. The molecule has 6 rings (SSSR count). The van der Waals surface area contributed by atoms with Crippen molar-refractivity contribution in [2.24, 2.45) is 0 Å². The number of anilines is 2. The van der Waals surface area contributed by atoms with E-state index >= 15 is 0 Å². The molecule has 4 heterocycles. The SMILES string of the molecule is CC1(c2csc(-n3c4nc(Nc5ccc6c(c5)CNCC6)ncc4c(=O)n3CC(F)(F)F)n2)CC1. The molecule has 1 aliphatic heterocycles. The number of rotatable bonds is 5. The third-order valence-corrected chi connectivity index (χ3v) is 7.46. The lowest BCUT2D eigenvalue weighted by Gasteiger charge is -2.18. The molecule has 2 N–H and O–H groups in total. The largest absolute Gasteiger partial charge is 0.408 e. The van der Waals surface area contributed by atoms with Crippen molar-refractivity contribution in [2.75, 3.05) is 11.9 Å². The molecule has 1 aromatic carbocycles. The Hall–Kier alpha value is -3.25. The minimum absolute atomic E-state index is 0.00354. The van der Waals surface area contributed by atoms with Crippen molar-refractivity contribution in [3.8, 4) is 5.13 Å². The van der Waals surface area contributed by atoms with Crippen molar-refractivity contribution in [1.29, 1.82) is 0 Å². The van der Waals surface area contributed by atoms with Gasteiger partial charge >= 0.3 is 6.18 Å². The van der Waals surface area contributed by atoms with Crippen molar-refractivity contribution >= 4 is 34.0 Å². The van der Waals surface area contributed by atoms with E-state index in [1.165, 1.54) is 33.3 Å². The molecular formula is C23H22F3N7OS. The summed E-state index contributed by atoms with van der Waals surface area (Å²) in [7, 11) is 0. The Morgan fingerprint density at radius 3 is 2.83 bits per heavy atom. The normalized spacial score (nSPS) is 16.9. The van der Waals surface area contributed by atoms with E-state index < -0.39 is 18.3 Å². The first kappa shape index (κ1) is 22.2. The summed E-state index contributed by atoms with van der Waals surface area (Å²) in [6.45, 7) is 2.31. The van der Waals surface area contributed by atoms with Crippen LogP contribution < -0.4 is 16.2 Å². The predicted molar refractivity (Wildman–Crippen MR) is 127 cm³/mol. The summed E-state index contributed by atoms with van der Waals surface area (Å²) in [6.07, 6.45) is -0.419. The van der Waals surface area contributed by atoms with Crippen LogP contribution in [-0.2, 0) is 24.9 Å². The van der Waals surface area contributed by atoms with Crippen LogP contribution in [0.5, 0.6) is 0 Å². The highest BCUT2D eigenvalue weighted by atomic mass is 32.1. The molecule has 182 valence electrons. The van der Waals surface area contributed by atoms with Crippen LogP contribution in [0, 0.1) is 0 Å². The molecule has 1 aliphatic carbocycles. The van der Waals surface area contributed by atoms with Gasteiger partial charge < -0.3 is 10.6 Å². The lowest BCUT2D eigenvalue weighted by molar-refractivity contribution is -0.144. The Bertz CT molecular complexity index is 1500. The first-order valence-electron chi connectivity index (χ1n) is 11.3. The lowest BCUT2D eigenvalue weighted by atomic mass is 10.0. The van der Waals surface area contributed by atoms with Crippen molar-refractivity contribution in [2.45, 2.75) is 50.9 Å². The molecule has 0 unspecified atom stereocenters. The monoisotopic (exact) mass is 501 g/mol. The van der Waals surface area contributed by atoms with E-state index in [-0.39, 0.29) is 27.5 Å². The number of aromatic nitrogens is 5. The molecule has 1 saturated carbocycles. The highest BCUT2D eigenvalue weighted by Crippen LogP contribution is 2.47. The molecule has 8 nitrogen and oxygen atoms in total. The summed E-state index contributed by atoms with van der Waals surface area (Å²) >= 11 is 1.20. The number of hydrogen-bond acceptors (Lipinski definition) is 7. The summed E-state index contributed by atoms with van der Waals surface area (Å²) in [5.41, 5.74) is 3.23. The highest BCUT2D eigenvalue weighted by Gasteiger charge is 2.41. The number of benzene rings is 1. The maximum Gasteiger partial charge on any atom is 0.408 e. The lowest BCUT2D eigenvalue weighted by Crippen LogP contribution is -2.30. The van der Waals surface area contributed by atoms with E-state index in [0.717, 1.165) is 43.7 Å². The molecule has 0 amide bonds. The van der Waals surface area contributed by atoms with Gasteiger partial charge in [0, 0.05) is 29.2 Å². The summed E-state index contributed by atoms with van der Waals surface area (Å²) in [5, 5.41) is 8.58. The first-order chi connectivity index (χ1) is 16.7. The smallest absolute Gasteiger partial charge is 0.324 e. The summed E-state index contributed by atoms with van der Waals surface area (Å²) in [4.78, 5) is 26.2. The van der Waals surface area contributed by atoms with E-state index in [1.54, 1.807) is 0 Å². The zero-order valence-corrected chi connectivity index (χ0v) is 19.6. The van der Waals surface area contributed by atoms with Crippen LogP contribution in [0.4, 0.5) is 24.8 Å². The topological polar surface area (TPSA) is 89.7 Å². The van der Waals surface area contributed by atoms with E-state index in [2.05, 4.69) is 32.5 Å². The minimum atomic E-state index is -4.59. The van der Waals surface area contributed by atoms with Gasteiger partial charge in [-0.15, -0.1) is 11.3 Å². The highest BCUT2D eigenvalue weighted by molar-refractivity contribution is 7.12. The van der Waals surface area contributed by atoms with Gasteiger partial charge in [-0.05, 0) is 49.1 Å². The number of hydrogen-bond donors (Lipinski definition) is 2. The average molecular weight is 502 g/mol. The zero-order chi connectivity index (χ0) is 24.4. The van der Waals surface area contributed by atoms with Gasteiger partial charge in [0.05, 0.1) is 5.69 Å². The van der Waals surface area contributed by atoms with Crippen LogP contribution in [0.15, 0.2) is 34.6 Å². The molecular weight excluding hydrogens is 479 g/mol. The molecule has 1 fully saturated rings. The van der Waals surface area contributed by atoms with E-state index in [1.807, 2.05) is 23.6 Å². The Kier molecular flexibility index (Phi) is 5.01. The number of nitrogens with zero attached hydrogens (tertiary/aromatic N) is 5. The second-order valence-corrected chi connectivity index (χ2v) is 10.2. The third kappa shape index (κ3) is 4.10. The third-order valence-electron chi connectivity index (χ3n) is 6.65. The van der Waals surface area contributed by atoms with Gasteiger partial charge in [-0.3, -0.25) is 4.79 Å². The Labute approximate surface area is 201 Å². The quantitative estimate of drug-likeness (QED) is 0.429. The van der Waals surface area contributed by atoms with Crippen LogP contribution in [0.1, 0.15) is 36.6 Å². The van der Waals surface area contributed by atoms with Gasteiger partial charge in [0.25, 0.3) is 5.56 Å². The van der Waals surface area contributed by atoms with Crippen LogP contribution in [0.3, 0.4) is 0 Å². The number of halogens is 3. The van der Waals surface area contributed by atoms with Gasteiger partial charge in [-0.2, -0.15) is 18.2 Å². The summed E-state index contributed by atoms with van der Waals surface area (Å²) in [5.74, 6) is 0.185. The van der Waals surface area contributed by atoms with Crippen LogP contribution in [0.25, 0.3) is 16.2 Å². The number of alkyl halides is 3. The van der Waals surface area contributed by atoms with E-state index in [9.17, 15) is 18.0 Å². The van der Waals surface area contributed by atoms with E-state index in [4.69, 9.17) is 0 Å². The fourth-order valence-electron chi connectivity index (χ4n) is 4.37. The summed E-state index contributed by atoms with van der Waals surface area (Å²) in [6, 6.07) is 5.96. The van der Waals surface area contributed by atoms with Gasteiger partial charge in [0.2, 0.25) is 11.1 Å². The molecule has 0 saturated heterocycles. The van der Waals surface area contributed by atoms with Crippen LogP contribution in [0.2, 0.25) is 0 Å². The molecule has 4 aromatic rings. The van der Waals surface area contributed by atoms with Crippen LogP contribution in [-0.4, -0.2) is 37.0 Å². The van der Waals surface area contributed by atoms with Crippen LogP contribution >= 0.6 is 11.3 Å². The molecule has 0 spiro atoms. The Morgan fingerprint density at radius 1 is 1.23 bits per heavy atom. The number of nitrogens with one attached hydrogen (secondary N) is 2. The Morgan fingerprint density at radius 2 is 2.06 bits per heavy atom. The van der Waals surface area contributed by atoms with Crippen molar-refractivity contribution in [1.82, 2.24) is 29.6 Å². The predicted octanol–water partition coefficient (Wildman–Crippen LogP) is 4.04. The maximum atomic E-state index is 13.4. The molecule has 35 heavy (non-hydrogen) atoms. The molecule has 0 atom stereocenters. The fourth-order valence-corrected chi connectivity index (χ4v) is 5.36. The second-order valence-electron chi connectivity index (χ2n) is 9.33. The minimum Gasteiger partial charge on any atom is -0.324 e.